The summed E-state index contributed by atoms with van der Waals surface area (Å²) in [5.41, 5.74) is 1.94. The highest BCUT2D eigenvalue weighted by atomic mass is 32.2. The zero-order valence-corrected chi connectivity index (χ0v) is 17.5. The van der Waals surface area contributed by atoms with Crippen LogP contribution in [0.2, 0.25) is 0 Å². The molecular formula is C22H27NO5S. The number of carbonyl (C=O) groups is 2. The van der Waals surface area contributed by atoms with Gasteiger partial charge in [-0.25, -0.2) is 8.42 Å². The van der Waals surface area contributed by atoms with Gasteiger partial charge in [-0.15, -0.1) is 0 Å². The third-order valence-corrected chi connectivity index (χ3v) is 8.68. The maximum atomic E-state index is 12.8. The highest BCUT2D eigenvalue weighted by molar-refractivity contribution is 7.92. The first-order chi connectivity index (χ1) is 13.8. The second kappa shape index (κ2) is 6.83. The summed E-state index contributed by atoms with van der Waals surface area (Å²) in [6.45, 7) is 0.156. The number of Topliss-reactive ketones (excluding diaryl/α,β-unsaturated/α-hetero) is 1. The molecular weight excluding hydrogens is 390 g/mol. The molecule has 4 saturated carbocycles. The molecule has 1 aromatic carbocycles. The van der Waals surface area contributed by atoms with Crippen LogP contribution in [0.4, 0.5) is 5.69 Å². The largest absolute Gasteiger partial charge is 0.457 e. The molecule has 4 bridgehead atoms. The summed E-state index contributed by atoms with van der Waals surface area (Å²) in [4.78, 5) is 25.4. The Bertz CT molecular complexity index is 941. The van der Waals surface area contributed by atoms with Gasteiger partial charge >= 0.3 is 5.97 Å². The number of anilines is 1. The fourth-order valence-corrected chi connectivity index (χ4v) is 7.47. The van der Waals surface area contributed by atoms with Gasteiger partial charge in [-0.05, 0) is 86.0 Å². The Morgan fingerprint density at radius 1 is 1.07 bits per heavy atom. The Kier molecular flexibility index (Phi) is 4.49. The van der Waals surface area contributed by atoms with Gasteiger partial charge in [0.05, 0.1) is 17.9 Å². The Morgan fingerprint density at radius 3 is 2.34 bits per heavy atom. The van der Waals surface area contributed by atoms with Crippen LogP contribution in [0.5, 0.6) is 0 Å². The molecule has 156 valence electrons. The standard InChI is InChI=1S/C22H27NO5S/c1-29(26,27)23-5-4-15-11-16(2-3-19(15)23)20(24)12-28-22(25)21-17-7-13-6-14(9-17)10-18(21)8-13/h2-3,11,13-14,17-18,21H,4-10,12H2,1H3. The highest BCUT2D eigenvalue weighted by Gasteiger charge is 2.51. The number of hydrogen-bond donors (Lipinski definition) is 0. The van der Waals surface area contributed by atoms with Crippen molar-refractivity contribution in [3.63, 3.8) is 0 Å². The Morgan fingerprint density at radius 2 is 1.72 bits per heavy atom. The molecule has 4 aliphatic carbocycles. The number of rotatable bonds is 5. The van der Waals surface area contributed by atoms with Crippen LogP contribution in [0, 0.1) is 29.6 Å². The van der Waals surface area contributed by atoms with Gasteiger partial charge < -0.3 is 4.74 Å². The van der Waals surface area contributed by atoms with Crippen molar-refractivity contribution in [2.75, 3.05) is 23.7 Å². The summed E-state index contributed by atoms with van der Waals surface area (Å²) in [6.07, 6.45) is 7.67. The normalized spacial score (nSPS) is 32.3. The van der Waals surface area contributed by atoms with Crippen molar-refractivity contribution in [2.45, 2.75) is 38.5 Å². The maximum absolute atomic E-state index is 12.8. The van der Waals surface area contributed by atoms with Crippen molar-refractivity contribution >= 4 is 27.5 Å². The number of esters is 1. The number of ketones is 1. The minimum absolute atomic E-state index is 0.0288. The van der Waals surface area contributed by atoms with Crippen molar-refractivity contribution in [1.29, 1.82) is 0 Å². The predicted octanol–water partition coefficient (Wildman–Crippen LogP) is 2.81. The SMILES string of the molecule is CS(=O)(=O)N1CCc2cc(C(=O)COC(=O)C3C4CC5CC(C4)CC3C5)ccc21. The second-order valence-electron chi connectivity index (χ2n) is 9.42. The molecule has 1 heterocycles. The second-order valence-corrected chi connectivity index (χ2v) is 11.3. The molecule has 0 aromatic heterocycles. The molecule has 0 radical (unpaired) electrons. The van der Waals surface area contributed by atoms with E-state index in [-0.39, 0.29) is 24.3 Å². The minimum Gasteiger partial charge on any atom is -0.457 e. The van der Waals surface area contributed by atoms with Crippen molar-refractivity contribution in [2.24, 2.45) is 29.6 Å². The zero-order chi connectivity index (χ0) is 20.3. The first-order valence-electron chi connectivity index (χ1n) is 10.6. The summed E-state index contributed by atoms with van der Waals surface area (Å²) in [6, 6.07) is 5.04. The Labute approximate surface area is 171 Å². The van der Waals surface area contributed by atoms with Crippen LogP contribution in [-0.2, 0) is 26.0 Å². The van der Waals surface area contributed by atoms with E-state index in [0.717, 1.165) is 43.1 Å². The first-order valence-corrected chi connectivity index (χ1v) is 12.4. The lowest BCUT2D eigenvalue weighted by molar-refractivity contribution is -0.161. The van der Waals surface area contributed by atoms with Gasteiger partial charge in [0, 0.05) is 12.1 Å². The van der Waals surface area contributed by atoms with E-state index < -0.39 is 10.0 Å². The number of fused-ring (bicyclic) bond motifs is 1. The molecule has 6 nitrogen and oxygen atoms in total. The van der Waals surface area contributed by atoms with E-state index in [1.807, 2.05) is 0 Å². The van der Waals surface area contributed by atoms with Gasteiger partial charge in [0.25, 0.3) is 0 Å². The maximum Gasteiger partial charge on any atom is 0.309 e. The van der Waals surface area contributed by atoms with E-state index >= 15 is 0 Å². The van der Waals surface area contributed by atoms with Crippen LogP contribution in [0.3, 0.4) is 0 Å². The number of carbonyl (C=O) groups excluding carboxylic acids is 2. The average Bonchev–Trinajstić information content (AvgIpc) is 3.08. The third kappa shape index (κ3) is 3.37. The number of sulfonamides is 1. The number of nitrogens with zero attached hydrogens (tertiary/aromatic N) is 1. The van der Waals surface area contributed by atoms with Crippen molar-refractivity contribution in [3.05, 3.63) is 29.3 Å². The van der Waals surface area contributed by atoms with E-state index in [4.69, 9.17) is 4.74 Å². The van der Waals surface area contributed by atoms with Gasteiger partial charge in [0.2, 0.25) is 10.0 Å². The third-order valence-electron chi connectivity index (χ3n) is 7.50. The number of ether oxygens (including phenoxy) is 1. The number of benzene rings is 1. The Balaban J connectivity index is 1.23. The summed E-state index contributed by atoms with van der Waals surface area (Å²) < 4.78 is 30.5. The molecule has 1 aromatic rings. The van der Waals surface area contributed by atoms with Crippen LogP contribution >= 0.6 is 0 Å². The smallest absolute Gasteiger partial charge is 0.309 e. The molecule has 0 spiro atoms. The topological polar surface area (TPSA) is 80.8 Å². The van der Waals surface area contributed by atoms with E-state index in [0.29, 0.717) is 36.1 Å². The summed E-state index contributed by atoms with van der Waals surface area (Å²) in [5.74, 6) is 2.01. The molecule has 0 atom stereocenters. The van der Waals surface area contributed by atoms with Gasteiger partial charge in [-0.1, -0.05) is 0 Å². The summed E-state index contributed by atoms with van der Waals surface area (Å²) in [7, 11) is -3.31. The first kappa shape index (κ1) is 19.1. The molecule has 1 aliphatic heterocycles. The molecule has 29 heavy (non-hydrogen) atoms. The van der Waals surface area contributed by atoms with Gasteiger partial charge in [-0.2, -0.15) is 0 Å². The molecule has 6 rings (SSSR count). The van der Waals surface area contributed by atoms with E-state index in [2.05, 4.69) is 0 Å². The van der Waals surface area contributed by atoms with E-state index in [1.54, 1.807) is 18.2 Å². The lowest BCUT2D eigenvalue weighted by Gasteiger charge is -2.53. The lowest BCUT2D eigenvalue weighted by atomic mass is 9.52. The van der Waals surface area contributed by atoms with Gasteiger partial charge in [0.1, 0.15) is 0 Å². The van der Waals surface area contributed by atoms with Crippen molar-refractivity contribution in [3.8, 4) is 0 Å². The van der Waals surface area contributed by atoms with Crippen LogP contribution in [-0.4, -0.2) is 39.6 Å². The van der Waals surface area contributed by atoms with Gasteiger partial charge in [0.15, 0.2) is 12.4 Å². The molecule has 4 fully saturated rings. The van der Waals surface area contributed by atoms with E-state index in [9.17, 15) is 18.0 Å². The fourth-order valence-electron chi connectivity index (χ4n) is 6.52. The van der Waals surface area contributed by atoms with Crippen LogP contribution < -0.4 is 4.31 Å². The zero-order valence-electron chi connectivity index (χ0n) is 16.7. The molecule has 0 saturated heterocycles. The van der Waals surface area contributed by atoms with Crippen molar-refractivity contribution < 1.29 is 22.7 Å². The molecule has 0 N–H and O–H groups in total. The number of hydrogen-bond acceptors (Lipinski definition) is 5. The molecule has 0 amide bonds. The summed E-state index contributed by atoms with van der Waals surface area (Å²) in [5, 5.41) is 0. The van der Waals surface area contributed by atoms with Crippen molar-refractivity contribution in [1.82, 2.24) is 0 Å². The highest BCUT2D eigenvalue weighted by Crippen LogP contribution is 2.56. The van der Waals surface area contributed by atoms with Crippen LogP contribution in [0.25, 0.3) is 0 Å². The minimum atomic E-state index is -3.31. The average molecular weight is 418 g/mol. The molecule has 7 heteroatoms. The summed E-state index contributed by atoms with van der Waals surface area (Å²) >= 11 is 0. The van der Waals surface area contributed by atoms with Crippen LogP contribution in [0.1, 0.15) is 48.0 Å². The van der Waals surface area contributed by atoms with Gasteiger partial charge in [-0.3, -0.25) is 13.9 Å². The predicted molar refractivity (Wildman–Crippen MR) is 108 cm³/mol. The fraction of sp³-hybridized carbons (Fsp3) is 0.636. The van der Waals surface area contributed by atoms with Crippen LogP contribution in [0.15, 0.2) is 18.2 Å². The Hall–Kier alpha value is -1.89. The molecule has 0 unspecified atom stereocenters. The van der Waals surface area contributed by atoms with E-state index in [1.165, 1.54) is 17.0 Å². The quantitative estimate of drug-likeness (QED) is 0.544. The monoisotopic (exact) mass is 417 g/mol. The lowest BCUT2D eigenvalue weighted by Crippen LogP contribution is -2.48. The molecule has 5 aliphatic rings.